The molecule has 0 spiro atoms. The molecule has 2 atom stereocenters. The summed E-state index contributed by atoms with van der Waals surface area (Å²) in [4.78, 5) is 11.4. The number of ether oxygens (including phenoxy) is 2. The molecule has 1 fully saturated rings. The van der Waals surface area contributed by atoms with Crippen LogP contribution in [0, 0.1) is 12.7 Å². The van der Waals surface area contributed by atoms with E-state index in [2.05, 4.69) is 0 Å². The summed E-state index contributed by atoms with van der Waals surface area (Å²) in [5.74, 6) is 0.201. The van der Waals surface area contributed by atoms with Crippen LogP contribution in [-0.4, -0.2) is 24.6 Å². The highest BCUT2D eigenvalue weighted by Gasteiger charge is 2.42. The van der Waals surface area contributed by atoms with Crippen molar-refractivity contribution in [3.8, 4) is 5.75 Å². The third kappa shape index (κ3) is 2.70. The monoisotopic (exact) mass is 252 g/mol. The van der Waals surface area contributed by atoms with Gasteiger partial charge in [0, 0.05) is 19.1 Å². The minimum atomic E-state index is -0.493. The summed E-state index contributed by atoms with van der Waals surface area (Å²) in [6.45, 7) is 4.37. The van der Waals surface area contributed by atoms with Gasteiger partial charge in [0.1, 0.15) is 17.7 Å². The van der Waals surface area contributed by atoms with Crippen molar-refractivity contribution >= 4 is 5.78 Å². The van der Waals surface area contributed by atoms with Crippen molar-refractivity contribution in [2.45, 2.75) is 38.9 Å². The van der Waals surface area contributed by atoms with Crippen molar-refractivity contribution in [1.82, 2.24) is 0 Å². The van der Waals surface area contributed by atoms with Crippen LogP contribution in [0.4, 0.5) is 4.39 Å². The molecule has 0 aliphatic heterocycles. The molecule has 0 heterocycles. The van der Waals surface area contributed by atoms with E-state index in [-0.39, 0.29) is 17.7 Å². The Bertz CT molecular complexity index is 445. The van der Waals surface area contributed by atoms with Crippen LogP contribution in [0.1, 0.15) is 25.3 Å². The van der Waals surface area contributed by atoms with Gasteiger partial charge < -0.3 is 9.47 Å². The topological polar surface area (TPSA) is 35.5 Å². The van der Waals surface area contributed by atoms with E-state index in [1.54, 1.807) is 6.07 Å². The third-order valence-electron chi connectivity index (χ3n) is 2.99. The number of aryl methyl sites for hydroxylation is 1. The average Bonchev–Trinajstić information content (AvgIpc) is 2.33. The number of Topliss-reactive ketones (excluding diaryl/α,β-unsaturated/α-hetero) is 1. The van der Waals surface area contributed by atoms with Crippen LogP contribution >= 0.6 is 0 Å². The Kier molecular flexibility index (Phi) is 3.97. The lowest BCUT2D eigenvalue weighted by Gasteiger charge is -2.35. The molecule has 0 N–H and O–H groups in total. The molecule has 1 aliphatic rings. The zero-order valence-corrected chi connectivity index (χ0v) is 10.6. The Labute approximate surface area is 106 Å². The van der Waals surface area contributed by atoms with E-state index >= 15 is 0 Å². The lowest BCUT2D eigenvalue weighted by Crippen LogP contribution is -2.52. The summed E-state index contributed by atoms with van der Waals surface area (Å²) in [5, 5.41) is 0. The number of ketones is 1. The van der Waals surface area contributed by atoms with E-state index in [0.717, 1.165) is 12.0 Å². The minimum absolute atomic E-state index is 0.0579. The van der Waals surface area contributed by atoms with Crippen LogP contribution < -0.4 is 4.74 Å². The van der Waals surface area contributed by atoms with Gasteiger partial charge in [0.2, 0.25) is 0 Å². The number of carbonyl (C=O) groups is 1. The Morgan fingerprint density at radius 3 is 2.89 bits per heavy atom. The lowest BCUT2D eigenvalue weighted by atomic mass is 9.90. The van der Waals surface area contributed by atoms with Crippen molar-refractivity contribution in [3.63, 3.8) is 0 Å². The number of benzene rings is 1. The maximum Gasteiger partial charge on any atom is 0.169 e. The molecular weight excluding hydrogens is 235 g/mol. The highest BCUT2D eigenvalue weighted by atomic mass is 19.1. The van der Waals surface area contributed by atoms with Crippen molar-refractivity contribution in [2.24, 2.45) is 0 Å². The Morgan fingerprint density at radius 2 is 2.22 bits per heavy atom. The molecule has 1 aromatic carbocycles. The van der Waals surface area contributed by atoms with Gasteiger partial charge in [0.05, 0.1) is 0 Å². The standard InChI is InChI=1S/C14H17FO3/c1-3-6-17-14-11(16)8-13(14)18-12-7-10(15)5-4-9(12)2/h4-5,7,13-14H,3,6,8H2,1-2H3. The zero-order valence-electron chi connectivity index (χ0n) is 10.6. The molecule has 98 valence electrons. The van der Waals surface area contributed by atoms with Crippen LogP contribution in [0.15, 0.2) is 18.2 Å². The van der Waals surface area contributed by atoms with Gasteiger partial charge >= 0.3 is 0 Å². The molecule has 0 radical (unpaired) electrons. The van der Waals surface area contributed by atoms with E-state index in [9.17, 15) is 9.18 Å². The van der Waals surface area contributed by atoms with Crippen LogP contribution in [0.25, 0.3) is 0 Å². The van der Waals surface area contributed by atoms with Crippen molar-refractivity contribution in [1.29, 1.82) is 0 Å². The summed E-state index contributed by atoms with van der Waals surface area (Å²) in [5.41, 5.74) is 0.852. The molecule has 2 rings (SSSR count). The molecule has 3 nitrogen and oxygen atoms in total. The first-order valence-corrected chi connectivity index (χ1v) is 6.19. The van der Waals surface area contributed by atoms with Gasteiger partial charge in [-0.25, -0.2) is 4.39 Å². The normalized spacial score (nSPS) is 22.7. The van der Waals surface area contributed by atoms with Gasteiger partial charge in [0.15, 0.2) is 11.9 Å². The predicted molar refractivity (Wildman–Crippen MR) is 65.2 cm³/mol. The van der Waals surface area contributed by atoms with Gasteiger partial charge in [-0.3, -0.25) is 4.79 Å². The summed E-state index contributed by atoms with van der Waals surface area (Å²) >= 11 is 0. The van der Waals surface area contributed by atoms with E-state index in [4.69, 9.17) is 9.47 Å². The maximum absolute atomic E-state index is 13.1. The van der Waals surface area contributed by atoms with Crippen molar-refractivity contribution in [3.05, 3.63) is 29.6 Å². The van der Waals surface area contributed by atoms with E-state index < -0.39 is 6.10 Å². The van der Waals surface area contributed by atoms with Crippen molar-refractivity contribution < 1.29 is 18.7 Å². The minimum Gasteiger partial charge on any atom is -0.486 e. The lowest BCUT2D eigenvalue weighted by molar-refractivity contribution is -0.154. The molecule has 2 unspecified atom stereocenters. The fourth-order valence-electron chi connectivity index (χ4n) is 1.88. The first kappa shape index (κ1) is 13.0. The van der Waals surface area contributed by atoms with Crippen LogP contribution in [0.5, 0.6) is 5.75 Å². The van der Waals surface area contributed by atoms with Gasteiger partial charge in [0.25, 0.3) is 0 Å². The van der Waals surface area contributed by atoms with E-state index in [0.29, 0.717) is 18.8 Å². The van der Waals surface area contributed by atoms with Crippen LogP contribution in [0.2, 0.25) is 0 Å². The molecule has 4 heteroatoms. The van der Waals surface area contributed by atoms with Gasteiger partial charge in [-0.15, -0.1) is 0 Å². The molecule has 1 saturated carbocycles. The van der Waals surface area contributed by atoms with E-state index in [1.165, 1.54) is 12.1 Å². The van der Waals surface area contributed by atoms with Gasteiger partial charge in [-0.2, -0.15) is 0 Å². The molecule has 0 saturated heterocycles. The summed E-state index contributed by atoms with van der Waals surface area (Å²) in [6, 6.07) is 4.39. The number of halogens is 1. The fourth-order valence-corrected chi connectivity index (χ4v) is 1.88. The third-order valence-corrected chi connectivity index (χ3v) is 2.99. The highest BCUT2D eigenvalue weighted by Crippen LogP contribution is 2.28. The molecule has 1 aromatic rings. The second kappa shape index (κ2) is 5.48. The number of rotatable bonds is 5. The summed E-state index contributed by atoms with van der Waals surface area (Å²) < 4.78 is 24.2. The Balaban J connectivity index is 2.01. The SMILES string of the molecule is CCCOC1C(=O)CC1Oc1cc(F)ccc1C. The van der Waals surface area contributed by atoms with Crippen LogP contribution in [-0.2, 0) is 9.53 Å². The molecule has 0 bridgehead atoms. The predicted octanol–water partition coefficient (Wildman–Crippen LogP) is 2.65. The molecular formula is C14H17FO3. The average molecular weight is 252 g/mol. The molecule has 0 aromatic heterocycles. The Hall–Kier alpha value is -1.42. The zero-order chi connectivity index (χ0) is 13.1. The fraction of sp³-hybridized carbons (Fsp3) is 0.500. The second-order valence-electron chi connectivity index (χ2n) is 4.53. The Morgan fingerprint density at radius 1 is 1.44 bits per heavy atom. The smallest absolute Gasteiger partial charge is 0.169 e. The largest absolute Gasteiger partial charge is 0.486 e. The quantitative estimate of drug-likeness (QED) is 0.808. The first-order chi connectivity index (χ1) is 8.61. The second-order valence-corrected chi connectivity index (χ2v) is 4.53. The number of hydrogen-bond donors (Lipinski definition) is 0. The first-order valence-electron chi connectivity index (χ1n) is 6.19. The summed E-state index contributed by atoms with van der Waals surface area (Å²) in [7, 11) is 0. The summed E-state index contributed by atoms with van der Waals surface area (Å²) in [6.07, 6.45) is 0.414. The van der Waals surface area contributed by atoms with Gasteiger partial charge in [-0.1, -0.05) is 13.0 Å². The molecule has 0 amide bonds. The van der Waals surface area contributed by atoms with Gasteiger partial charge in [-0.05, 0) is 25.0 Å². The van der Waals surface area contributed by atoms with E-state index in [1.807, 2.05) is 13.8 Å². The molecule has 1 aliphatic carbocycles. The van der Waals surface area contributed by atoms with Crippen molar-refractivity contribution in [2.75, 3.05) is 6.61 Å². The van der Waals surface area contributed by atoms with Crippen LogP contribution in [0.3, 0.4) is 0 Å². The highest BCUT2D eigenvalue weighted by molar-refractivity contribution is 5.90. The number of carbonyl (C=O) groups excluding carboxylic acids is 1. The number of hydrogen-bond acceptors (Lipinski definition) is 3. The maximum atomic E-state index is 13.1. The molecule has 18 heavy (non-hydrogen) atoms.